The average Bonchev–Trinajstić information content (AvgIpc) is 2.13. The molecule has 0 aromatic rings. The van der Waals surface area contributed by atoms with Crippen LogP contribution in [0.4, 0.5) is 0 Å². The van der Waals surface area contributed by atoms with Crippen LogP contribution in [-0.4, -0.2) is 44.6 Å². The van der Waals surface area contributed by atoms with Gasteiger partial charge >= 0.3 is 5.97 Å². The molecule has 0 radical (unpaired) electrons. The van der Waals surface area contributed by atoms with Crippen molar-refractivity contribution in [2.75, 3.05) is 26.0 Å². The summed E-state index contributed by atoms with van der Waals surface area (Å²) in [5, 5.41) is 0. The Kier molecular flexibility index (Phi) is 5.71. The quantitative estimate of drug-likeness (QED) is 0.604. The molecule has 0 bridgehead atoms. The number of likely N-dealkylation sites (N-methyl/N-ethyl adjacent to an activating group) is 1. The van der Waals surface area contributed by atoms with Crippen molar-refractivity contribution in [1.29, 1.82) is 0 Å². The van der Waals surface area contributed by atoms with Crippen LogP contribution < -0.4 is 0 Å². The first-order valence-corrected chi connectivity index (χ1v) is 6.13. The van der Waals surface area contributed by atoms with Crippen molar-refractivity contribution in [3.8, 4) is 0 Å². The molecule has 0 aromatic heterocycles. The molecule has 0 heterocycles. The fraction of sp³-hybridized carbons (Fsp3) is 0.875. The summed E-state index contributed by atoms with van der Waals surface area (Å²) in [5.41, 5.74) is 0. The van der Waals surface area contributed by atoms with E-state index in [-0.39, 0.29) is 18.8 Å². The molecule has 6 heteroatoms. The third-order valence-corrected chi connectivity index (χ3v) is 3.84. The van der Waals surface area contributed by atoms with E-state index in [1.165, 1.54) is 7.11 Å². The molecule has 0 aliphatic carbocycles. The number of hydrogen-bond acceptors (Lipinski definition) is 4. The van der Waals surface area contributed by atoms with Crippen molar-refractivity contribution in [3.63, 3.8) is 0 Å². The van der Waals surface area contributed by atoms with Crippen molar-refractivity contribution in [3.05, 3.63) is 0 Å². The molecule has 0 atom stereocenters. The van der Waals surface area contributed by atoms with E-state index < -0.39 is 16.0 Å². The lowest BCUT2D eigenvalue weighted by atomic mass is 10.6. The zero-order chi connectivity index (χ0) is 11.2. The molecule has 0 amide bonds. The molecule has 0 aliphatic heterocycles. The Labute approximate surface area is 85.1 Å². The number of carbonyl (C=O) groups excluding carboxylic acids is 1. The van der Waals surface area contributed by atoms with Gasteiger partial charge in [-0.25, -0.2) is 8.42 Å². The monoisotopic (exact) mass is 223 g/mol. The fourth-order valence-corrected chi connectivity index (χ4v) is 2.47. The van der Waals surface area contributed by atoms with Crippen LogP contribution in [0, 0.1) is 0 Å². The van der Waals surface area contributed by atoms with Gasteiger partial charge in [-0.1, -0.05) is 13.8 Å². The summed E-state index contributed by atoms with van der Waals surface area (Å²) in [6.45, 7) is 3.56. The first kappa shape index (κ1) is 13.4. The molecule has 14 heavy (non-hydrogen) atoms. The molecule has 84 valence electrons. The standard InChI is InChI=1S/C8H17NO4S/c1-4-6-14(11,12)9(5-2)7-8(10)13-3/h4-7H2,1-3H3. The van der Waals surface area contributed by atoms with Crippen LogP contribution in [0.2, 0.25) is 0 Å². The maximum absolute atomic E-state index is 11.5. The third-order valence-electron chi connectivity index (χ3n) is 1.74. The highest BCUT2D eigenvalue weighted by atomic mass is 32.2. The molecule has 5 nitrogen and oxygen atoms in total. The normalized spacial score (nSPS) is 11.7. The fourth-order valence-electron chi connectivity index (χ4n) is 1.00. The van der Waals surface area contributed by atoms with E-state index in [1.807, 2.05) is 0 Å². The minimum Gasteiger partial charge on any atom is -0.468 e. The van der Waals surface area contributed by atoms with Gasteiger partial charge in [0.05, 0.1) is 12.9 Å². The van der Waals surface area contributed by atoms with Gasteiger partial charge in [-0.05, 0) is 6.42 Å². The Hall–Kier alpha value is -0.620. The lowest BCUT2D eigenvalue weighted by Crippen LogP contribution is -2.37. The van der Waals surface area contributed by atoms with Gasteiger partial charge in [-0.3, -0.25) is 4.79 Å². The molecule has 0 N–H and O–H groups in total. The molecule has 0 spiro atoms. The zero-order valence-corrected chi connectivity index (χ0v) is 9.63. The van der Waals surface area contributed by atoms with Crippen LogP contribution in [-0.2, 0) is 19.6 Å². The van der Waals surface area contributed by atoms with Gasteiger partial charge in [-0.2, -0.15) is 4.31 Å². The van der Waals surface area contributed by atoms with Gasteiger partial charge in [0.25, 0.3) is 0 Å². The van der Waals surface area contributed by atoms with Crippen LogP contribution in [0.15, 0.2) is 0 Å². The second-order valence-electron chi connectivity index (χ2n) is 2.82. The Balaban J connectivity index is 4.48. The third kappa shape index (κ3) is 4.06. The predicted octanol–water partition coefficient (Wildman–Crippen LogP) is 0.221. The molecule has 0 aliphatic rings. The number of methoxy groups -OCH3 is 1. The maximum Gasteiger partial charge on any atom is 0.321 e. The van der Waals surface area contributed by atoms with Crippen molar-refractivity contribution in [2.24, 2.45) is 0 Å². The van der Waals surface area contributed by atoms with Crippen LogP contribution >= 0.6 is 0 Å². The molecular formula is C8H17NO4S. The minimum atomic E-state index is -3.30. The molecule has 0 rings (SSSR count). The SMILES string of the molecule is CCCS(=O)(=O)N(CC)CC(=O)OC. The van der Waals surface area contributed by atoms with E-state index in [9.17, 15) is 13.2 Å². The minimum absolute atomic E-state index is 0.0673. The number of esters is 1. The van der Waals surface area contributed by atoms with Gasteiger partial charge in [0.15, 0.2) is 0 Å². The highest BCUT2D eigenvalue weighted by Gasteiger charge is 2.21. The van der Waals surface area contributed by atoms with Gasteiger partial charge in [0.2, 0.25) is 10.0 Å². The zero-order valence-electron chi connectivity index (χ0n) is 8.82. The van der Waals surface area contributed by atoms with E-state index in [0.29, 0.717) is 6.42 Å². The Bertz CT molecular complexity index is 273. The highest BCUT2D eigenvalue weighted by Crippen LogP contribution is 2.02. The molecule has 0 aromatic carbocycles. The largest absolute Gasteiger partial charge is 0.468 e. The van der Waals surface area contributed by atoms with Gasteiger partial charge in [-0.15, -0.1) is 0 Å². The second-order valence-corrected chi connectivity index (χ2v) is 4.91. The molecule has 0 fully saturated rings. The van der Waals surface area contributed by atoms with Crippen molar-refractivity contribution < 1.29 is 17.9 Å². The Morgan fingerprint density at radius 1 is 1.36 bits per heavy atom. The van der Waals surface area contributed by atoms with Crippen molar-refractivity contribution >= 4 is 16.0 Å². The van der Waals surface area contributed by atoms with E-state index >= 15 is 0 Å². The second kappa shape index (κ2) is 5.98. The predicted molar refractivity (Wildman–Crippen MR) is 53.3 cm³/mol. The number of hydrogen-bond donors (Lipinski definition) is 0. The van der Waals surface area contributed by atoms with Gasteiger partial charge < -0.3 is 4.74 Å². The van der Waals surface area contributed by atoms with Crippen LogP contribution in [0.5, 0.6) is 0 Å². The van der Waals surface area contributed by atoms with Crippen LogP contribution in [0.1, 0.15) is 20.3 Å². The molecule has 0 saturated heterocycles. The smallest absolute Gasteiger partial charge is 0.321 e. The Morgan fingerprint density at radius 2 is 1.93 bits per heavy atom. The summed E-state index contributed by atoms with van der Waals surface area (Å²) in [4.78, 5) is 10.9. The van der Waals surface area contributed by atoms with Gasteiger partial charge in [0, 0.05) is 6.54 Å². The Morgan fingerprint density at radius 3 is 2.29 bits per heavy atom. The number of carbonyl (C=O) groups is 1. The molecule has 0 unspecified atom stereocenters. The number of ether oxygens (including phenoxy) is 1. The lowest BCUT2D eigenvalue weighted by Gasteiger charge is -2.18. The summed E-state index contributed by atoms with van der Waals surface area (Å²) in [5.74, 6) is -0.468. The summed E-state index contributed by atoms with van der Waals surface area (Å²) >= 11 is 0. The summed E-state index contributed by atoms with van der Waals surface area (Å²) in [6, 6.07) is 0. The first-order chi connectivity index (χ1) is 6.47. The van der Waals surface area contributed by atoms with Crippen molar-refractivity contribution in [2.45, 2.75) is 20.3 Å². The molecule has 0 saturated carbocycles. The lowest BCUT2D eigenvalue weighted by molar-refractivity contribution is -0.140. The highest BCUT2D eigenvalue weighted by molar-refractivity contribution is 7.89. The first-order valence-electron chi connectivity index (χ1n) is 4.52. The summed E-state index contributed by atoms with van der Waals surface area (Å²) in [7, 11) is -2.06. The summed E-state index contributed by atoms with van der Waals surface area (Å²) in [6.07, 6.45) is 0.542. The van der Waals surface area contributed by atoms with Crippen LogP contribution in [0.25, 0.3) is 0 Å². The topological polar surface area (TPSA) is 63.7 Å². The average molecular weight is 223 g/mol. The van der Waals surface area contributed by atoms with Crippen molar-refractivity contribution in [1.82, 2.24) is 4.31 Å². The number of nitrogens with zero attached hydrogens (tertiary/aromatic N) is 1. The summed E-state index contributed by atoms with van der Waals surface area (Å²) < 4.78 is 28.6. The van der Waals surface area contributed by atoms with E-state index in [1.54, 1.807) is 13.8 Å². The maximum atomic E-state index is 11.5. The van der Waals surface area contributed by atoms with Crippen LogP contribution in [0.3, 0.4) is 0 Å². The van der Waals surface area contributed by atoms with E-state index in [0.717, 1.165) is 4.31 Å². The van der Waals surface area contributed by atoms with E-state index in [2.05, 4.69) is 4.74 Å². The van der Waals surface area contributed by atoms with E-state index in [4.69, 9.17) is 0 Å². The number of rotatable bonds is 6. The van der Waals surface area contributed by atoms with Gasteiger partial charge in [0.1, 0.15) is 6.54 Å². The molecular weight excluding hydrogens is 206 g/mol. The number of sulfonamides is 1.